The van der Waals surface area contributed by atoms with Crippen molar-refractivity contribution in [1.82, 2.24) is 19.9 Å². The highest BCUT2D eigenvalue weighted by Gasteiger charge is 2.07. The molecule has 0 aliphatic carbocycles. The first-order valence-electron chi connectivity index (χ1n) is 5.19. The second-order valence-corrected chi connectivity index (χ2v) is 5.19. The molecule has 2 heterocycles. The molecule has 2 aromatic heterocycles. The van der Waals surface area contributed by atoms with Crippen molar-refractivity contribution in [3.8, 4) is 0 Å². The molecule has 0 saturated heterocycles. The summed E-state index contributed by atoms with van der Waals surface area (Å²) in [7, 11) is 2.05. The van der Waals surface area contributed by atoms with Gasteiger partial charge in [-0.25, -0.2) is 9.97 Å². The van der Waals surface area contributed by atoms with E-state index in [1.807, 2.05) is 12.4 Å². The maximum absolute atomic E-state index is 5.69. The lowest BCUT2D eigenvalue weighted by molar-refractivity contribution is 0.316. The summed E-state index contributed by atoms with van der Waals surface area (Å²) < 4.78 is 0. The van der Waals surface area contributed by atoms with Gasteiger partial charge >= 0.3 is 0 Å². The summed E-state index contributed by atoms with van der Waals surface area (Å²) in [5, 5.41) is 0.426. The molecule has 17 heavy (non-hydrogen) atoms. The van der Waals surface area contributed by atoms with E-state index in [9.17, 15) is 0 Å². The molecule has 0 N–H and O–H groups in total. The number of hydrogen-bond donors (Lipinski definition) is 0. The molecule has 0 saturated carbocycles. The number of hydrogen-bond acceptors (Lipinski definition) is 5. The Labute approximate surface area is 109 Å². The van der Waals surface area contributed by atoms with E-state index in [1.165, 1.54) is 4.88 Å². The lowest BCUT2D eigenvalue weighted by atomic mass is 10.3. The zero-order chi connectivity index (χ0) is 12.3. The lowest BCUT2D eigenvalue weighted by Crippen LogP contribution is -2.18. The molecule has 0 atom stereocenters. The van der Waals surface area contributed by atoms with Crippen LogP contribution >= 0.6 is 22.9 Å². The molecular weight excluding hydrogens is 256 g/mol. The lowest BCUT2D eigenvalue weighted by Gasteiger charge is -2.15. The first-order chi connectivity index (χ1) is 8.15. The van der Waals surface area contributed by atoms with Crippen LogP contribution in [0.5, 0.6) is 0 Å². The predicted molar refractivity (Wildman–Crippen MR) is 69.1 cm³/mol. The van der Waals surface area contributed by atoms with Gasteiger partial charge in [0.2, 0.25) is 0 Å². The molecule has 2 aromatic rings. The Morgan fingerprint density at radius 3 is 2.65 bits per heavy atom. The summed E-state index contributed by atoms with van der Waals surface area (Å²) in [6.07, 6.45) is 3.28. The highest BCUT2D eigenvalue weighted by molar-refractivity contribution is 7.09. The number of rotatable bonds is 4. The number of aromatic nitrogens is 3. The third kappa shape index (κ3) is 3.46. The minimum atomic E-state index is 0.426. The van der Waals surface area contributed by atoms with Crippen LogP contribution in [0, 0.1) is 6.92 Å². The second-order valence-electron chi connectivity index (χ2n) is 3.86. The number of halogens is 1. The van der Waals surface area contributed by atoms with E-state index in [0.29, 0.717) is 5.15 Å². The monoisotopic (exact) mass is 268 g/mol. The van der Waals surface area contributed by atoms with Gasteiger partial charge in [-0.3, -0.25) is 9.88 Å². The van der Waals surface area contributed by atoms with Crippen molar-refractivity contribution in [2.45, 2.75) is 20.0 Å². The molecular formula is C11H13ClN4S. The zero-order valence-electron chi connectivity index (χ0n) is 9.72. The fourth-order valence-electron chi connectivity index (χ4n) is 1.48. The van der Waals surface area contributed by atoms with Crippen molar-refractivity contribution in [2.24, 2.45) is 0 Å². The molecule has 0 aromatic carbocycles. The van der Waals surface area contributed by atoms with Crippen LogP contribution in [0.15, 0.2) is 17.9 Å². The summed E-state index contributed by atoms with van der Waals surface area (Å²) in [6, 6.07) is 0. The summed E-state index contributed by atoms with van der Waals surface area (Å²) in [5.41, 5.74) is 3.89. The standard InChI is InChI=1S/C11H13ClN4S/c1-8-10(17-7-15-8)6-16(2)5-9-3-14-11(12)4-13-9/h3-4,7H,5-6H2,1-2H3. The molecule has 0 amide bonds. The molecule has 0 unspecified atom stereocenters. The molecule has 0 bridgehead atoms. The largest absolute Gasteiger partial charge is 0.295 e. The molecule has 0 aliphatic heterocycles. The predicted octanol–water partition coefficient (Wildman–Crippen LogP) is 2.53. The van der Waals surface area contributed by atoms with Crippen molar-refractivity contribution in [3.63, 3.8) is 0 Å². The Bertz CT molecular complexity index is 482. The molecule has 90 valence electrons. The van der Waals surface area contributed by atoms with Crippen molar-refractivity contribution in [1.29, 1.82) is 0 Å². The quantitative estimate of drug-likeness (QED) is 0.855. The van der Waals surface area contributed by atoms with Gasteiger partial charge in [-0.2, -0.15) is 0 Å². The average molecular weight is 269 g/mol. The second kappa shape index (κ2) is 5.53. The average Bonchev–Trinajstić information content (AvgIpc) is 2.68. The smallest absolute Gasteiger partial charge is 0.147 e. The third-order valence-electron chi connectivity index (χ3n) is 2.36. The van der Waals surface area contributed by atoms with Crippen LogP contribution in [0.1, 0.15) is 16.3 Å². The Morgan fingerprint density at radius 2 is 2.06 bits per heavy atom. The fourth-order valence-corrected chi connectivity index (χ4v) is 2.43. The highest BCUT2D eigenvalue weighted by atomic mass is 35.5. The van der Waals surface area contributed by atoms with E-state index >= 15 is 0 Å². The SMILES string of the molecule is Cc1ncsc1CN(C)Cc1cnc(Cl)cn1. The van der Waals surface area contributed by atoms with Crippen molar-refractivity contribution in [3.05, 3.63) is 39.3 Å². The van der Waals surface area contributed by atoms with E-state index in [4.69, 9.17) is 11.6 Å². The van der Waals surface area contributed by atoms with Crippen LogP contribution in [0.25, 0.3) is 0 Å². The number of thiazole rings is 1. The molecule has 0 fully saturated rings. The van der Waals surface area contributed by atoms with Crippen molar-refractivity contribution in [2.75, 3.05) is 7.05 Å². The van der Waals surface area contributed by atoms with E-state index in [2.05, 4.69) is 26.9 Å². The van der Waals surface area contributed by atoms with Gasteiger partial charge in [-0.15, -0.1) is 11.3 Å². The van der Waals surface area contributed by atoms with Crippen LogP contribution < -0.4 is 0 Å². The van der Waals surface area contributed by atoms with Crippen LogP contribution in [0.3, 0.4) is 0 Å². The van der Waals surface area contributed by atoms with E-state index in [0.717, 1.165) is 24.5 Å². The first-order valence-corrected chi connectivity index (χ1v) is 6.45. The Hall–Kier alpha value is -1.04. The minimum Gasteiger partial charge on any atom is -0.295 e. The third-order valence-corrected chi connectivity index (χ3v) is 3.48. The maximum atomic E-state index is 5.69. The topological polar surface area (TPSA) is 41.9 Å². The Kier molecular flexibility index (Phi) is 4.04. The van der Waals surface area contributed by atoms with Crippen molar-refractivity contribution < 1.29 is 0 Å². The van der Waals surface area contributed by atoms with Gasteiger partial charge in [0.15, 0.2) is 0 Å². The minimum absolute atomic E-state index is 0.426. The van der Waals surface area contributed by atoms with Crippen LogP contribution in [-0.2, 0) is 13.1 Å². The molecule has 4 nitrogen and oxygen atoms in total. The summed E-state index contributed by atoms with van der Waals surface area (Å²) in [5.74, 6) is 0. The zero-order valence-corrected chi connectivity index (χ0v) is 11.3. The summed E-state index contributed by atoms with van der Waals surface area (Å²) >= 11 is 7.37. The summed E-state index contributed by atoms with van der Waals surface area (Å²) in [4.78, 5) is 15.9. The number of nitrogens with zero attached hydrogens (tertiary/aromatic N) is 4. The highest BCUT2D eigenvalue weighted by Crippen LogP contribution is 2.15. The van der Waals surface area contributed by atoms with Gasteiger partial charge in [0.25, 0.3) is 0 Å². The van der Waals surface area contributed by atoms with Gasteiger partial charge in [-0.1, -0.05) is 11.6 Å². The van der Waals surface area contributed by atoms with E-state index in [-0.39, 0.29) is 0 Å². The van der Waals surface area contributed by atoms with Gasteiger partial charge in [0, 0.05) is 18.0 Å². The summed E-state index contributed by atoms with van der Waals surface area (Å²) in [6.45, 7) is 3.66. The van der Waals surface area contributed by atoms with Crippen LogP contribution in [0.2, 0.25) is 5.15 Å². The molecule has 0 spiro atoms. The van der Waals surface area contributed by atoms with E-state index < -0.39 is 0 Å². The molecule has 0 radical (unpaired) electrons. The van der Waals surface area contributed by atoms with Gasteiger partial charge in [-0.05, 0) is 14.0 Å². The number of aryl methyl sites for hydroxylation is 1. The molecule has 2 rings (SSSR count). The van der Waals surface area contributed by atoms with Crippen LogP contribution in [0.4, 0.5) is 0 Å². The maximum Gasteiger partial charge on any atom is 0.147 e. The first kappa shape index (κ1) is 12.4. The molecule has 0 aliphatic rings. The normalized spacial score (nSPS) is 11.1. The van der Waals surface area contributed by atoms with Crippen molar-refractivity contribution >= 4 is 22.9 Å². The van der Waals surface area contributed by atoms with Gasteiger partial charge in [0.05, 0.1) is 29.3 Å². The van der Waals surface area contributed by atoms with E-state index in [1.54, 1.807) is 23.7 Å². The van der Waals surface area contributed by atoms with Gasteiger partial charge in [0.1, 0.15) is 5.15 Å². The Morgan fingerprint density at radius 1 is 1.24 bits per heavy atom. The van der Waals surface area contributed by atoms with Crippen LogP contribution in [-0.4, -0.2) is 26.9 Å². The Balaban J connectivity index is 1.95. The fraction of sp³-hybridized carbons (Fsp3) is 0.364. The van der Waals surface area contributed by atoms with Gasteiger partial charge < -0.3 is 0 Å². The molecule has 6 heteroatoms.